The van der Waals surface area contributed by atoms with Gasteiger partial charge in [-0.15, -0.1) is 0 Å². The van der Waals surface area contributed by atoms with Gasteiger partial charge < -0.3 is 14.8 Å². The molecule has 0 bridgehead atoms. The monoisotopic (exact) mass is 420 g/mol. The van der Waals surface area contributed by atoms with Gasteiger partial charge in [0.25, 0.3) is 5.91 Å². The number of aryl methyl sites for hydroxylation is 1. The highest BCUT2D eigenvalue weighted by Gasteiger charge is 2.22. The van der Waals surface area contributed by atoms with Crippen molar-refractivity contribution < 1.29 is 19.1 Å². The quantitative estimate of drug-likeness (QED) is 0.476. The minimum atomic E-state index is -0.905. The second-order valence-corrected chi connectivity index (χ2v) is 6.42. The Hall–Kier alpha value is -4.21. The highest BCUT2D eigenvalue weighted by molar-refractivity contribution is 6.04. The van der Waals surface area contributed by atoms with E-state index in [2.05, 4.69) is 20.4 Å². The average Bonchev–Trinajstić information content (AvgIpc) is 3.38. The molecule has 0 spiro atoms. The molecule has 3 heterocycles. The molecule has 10 heteroatoms. The average molecular weight is 420 g/mol. The smallest absolute Gasteiger partial charge is 0.434 e. The lowest BCUT2D eigenvalue weighted by Gasteiger charge is -2.09. The molecule has 1 aromatic carbocycles. The van der Waals surface area contributed by atoms with E-state index in [1.165, 1.54) is 10.9 Å². The zero-order valence-electron chi connectivity index (χ0n) is 17.0. The molecule has 3 aromatic heterocycles. The van der Waals surface area contributed by atoms with E-state index < -0.39 is 12.1 Å². The number of ether oxygens (including phenoxy) is 2. The van der Waals surface area contributed by atoms with Crippen LogP contribution >= 0.6 is 0 Å². The summed E-state index contributed by atoms with van der Waals surface area (Å²) >= 11 is 0. The van der Waals surface area contributed by atoms with E-state index in [4.69, 9.17) is 9.47 Å². The number of carbonyl (C=O) groups excluding carboxylic acids is 2. The van der Waals surface area contributed by atoms with E-state index in [0.717, 1.165) is 11.3 Å². The number of rotatable bonds is 6. The van der Waals surface area contributed by atoms with Crippen LogP contribution in [0.15, 0.2) is 55.0 Å². The van der Waals surface area contributed by atoms with Gasteiger partial charge in [0, 0.05) is 24.5 Å². The van der Waals surface area contributed by atoms with Gasteiger partial charge in [0.05, 0.1) is 18.5 Å². The van der Waals surface area contributed by atoms with E-state index in [0.29, 0.717) is 18.1 Å². The first kappa shape index (κ1) is 20.1. The van der Waals surface area contributed by atoms with Crippen LogP contribution in [0, 0.1) is 0 Å². The zero-order valence-corrected chi connectivity index (χ0v) is 17.0. The number of hydrogen-bond acceptors (Lipinski definition) is 7. The lowest BCUT2D eigenvalue weighted by atomic mass is 10.2. The van der Waals surface area contributed by atoms with Crippen molar-refractivity contribution in [2.45, 2.75) is 20.4 Å². The first-order valence-corrected chi connectivity index (χ1v) is 9.72. The number of anilines is 1. The highest BCUT2D eigenvalue weighted by atomic mass is 16.7. The van der Waals surface area contributed by atoms with Gasteiger partial charge in [-0.1, -0.05) is 30.3 Å². The Balaban J connectivity index is 1.58. The Morgan fingerprint density at radius 3 is 2.65 bits per heavy atom. The number of hydrogen-bond donors (Lipinski definition) is 1. The van der Waals surface area contributed by atoms with Gasteiger partial charge in [-0.2, -0.15) is 10.1 Å². The number of amides is 1. The van der Waals surface area contributed by atoms with Crippen molar-refractivity contribution in [1.82, 2.24) is 24.1 Å². The Labute approximate surface area is 177 Å². The van der Waals surface area contributed by atoms with Gasteiger partial charge in [0.1, 0.15) is 5.82 Å². The molecule has 1 N–H and O–H groups in total. The fourth-order valence-corrected chi connectivity index (χ4v) is 3.01. The molecule has 1 amide bonds. The molecule has 31 heavy (non-hydrogen) atoms. The molecule has 10 nitrogen and oxygen atoms in total. The summed E-state index contributed by atoms with van der Waals surface area (Å²) in [6, 6.07) is 11.4. The topological polar surface area (TPSA) is 113 Å². The molecular formula is C21H20N6O4. The van der Waals surface area contributed by atoms with Crippen LogP contribution in [0.3, 0.4) is 0 Å². The number of fused-ring (bicyclic) bond motifs is 1. The van der Waals surface area contributed by atoms with Crippen LogP contribution in [0.25, 0.3) is 17.0 Å². The van der Waals surface area contributed by atoms with Gasteiger partial charge in [0.15, 0.2) is 11.4 Å². The van der Waals surface area contributed by atoms with Crippen LogP contribution in [0.5, 0.6) is 5.75 Å². The Morgan fingerprint density at radius 1 is 1.10 bits per heavy atom. The first-order valence-electron chi connectivity index (χ1n) is 9.72. The van der Waals surface area contributed by atoms with Gasteiger partial charge in [-0.3, -0.25) is 13.9 Å². The molecular weight excluding hydrogens is 400 g/mol. The molecule has 0 unspecified atom stereocenters. The summed E-state index contributed by atoms with van der Waals surface area (Å²) in [5, 5.41) is 6.79. The SMILES string of the molecule is CCOC(=O)Oc1cnn(CC)c1C(=O)Nc1ccn2cc(-c3ccccc3)nc2n1. The minimum absolute atomic E-state index is 0.00560. The molecule has 158 valence electrons. The molecule has 4 rings (SSSR count). The molecule has 0 aliphatic heterocycles. The van der Waals surface area contributed by atoms with Gasteiger partial charge in [-0.25, -0.2) is 9.78 Å². The summed E-state index contributed by atoms with van der Waals surface area (Å²) in [5.41, 5.74) is 1.82. The Kier molecular flexibility index (Phi) is 5.61. The number of nitrogens with zero attached hydrogens (tertiary/aromatic N) is 5. The fourth-order valence-electron chi connectivity index (χ4n) is 3.01. The molecule has 0 atom stereocenters. The predicted molar refractivity (Wildman–Crippen MR) is 112 cm³/mol. The van der Waals surface area contributed by atoms with Crippen LogP contribution in [0.2, 0.25) is 0 Å². The number of benzene rings is 1. The zero-order chi connectivity index (χ0) is 21.8. The lowest BCUT2D eigenvalue weighted by molar-refractivity contribution is 0.0986. The number of imidazole rings is 1. The molecule has 0 aliphatic rings. The molecule has 0 saturated heterocycles. The van der Waals surface area contributed by atoms with Gasteiger partial charge in [0.2, 0.25) is 5.78 Å². The maximum atomic E-state index is 12.9. The van der Waals surface area contributed by atoms with E-state index in [-0.39, 0.29) is 18.1 Å². The maximum Gasteiger partial charge on any atom is 0.513 e. The van der Waals surface area contributed by atoms with Gasteiger partial charge in [-0.05, 0) is 19.9 Å². The fraction of sp³-hybridized carbons (Fsp3) is 0.190. The van der Waals surface area contributed by atoms with E-state index in [9.17, 15) is 9.59 Å². The summed E-state index contributed by atoms with van der Waals surface area (Å²) < 4.78 is 13.1. The van der Waals surface area contributed by atoms with Crippen LogP contribution in [0.1, 0.15) is 24.3 Å². The van der Waals surface area contributed by atoms with E-state index >= 15 is 0 Å². The van der Waals surface area contributed by atoms with Crippen molar-refractivity contribution in [1.29, 1.82) is 0 Å². The largest absolute Gasteiger partial charge is 0.513 e. The molecule has 0 fully saturated rings. The Bertz CT molecular complexity index is 1230. The molecule has 0 aliphatic carbocycles. The summed E-state index contributed by atoms with van der Waals surface area (Å²) in [5.74, 6) is 0.216. The summed E-state index contributed by atoms with van der Waals surface area (Å²) in [6.07, 6.45) is 4.01. The number of aromatic nitrogens is 5. The lowest BCUT2D eigenvalue weighted by Crippen LogP contribution is -2.20. The normalized spacial score (nSPS) is 10.8. The number of carbonyl (C=O) groups is 2. The van der Waals surface area contributed by atoms with Crippen molar-refractivity contribution in [2.75, 3.05) is 11.9 Å². The predicted octanol–water partition coefficient (Wildman–Crippen LogP) is 3.40. The van der Waals surface area contributed by atoms with Crippen molar-refractivity contribution in [3.63, 3.8) is 0 Å². The third kappa shape index (κ3) is 4.22. The van der Waals surface area contributed by atoms with Crippen LogP contribution < -0.4 is 10.1 Å². The van der Waals surface area contributed by atoms with Crippen molar-refractivity contribution in [2.24, 2.45) is 0 Å². The molecule has 0 radical (unpaired) electrons. The van der Waals surface area contributed by atoms with E-state index in [1.54, 1.807) is 23.6 Å². The van der Waals surface area contributed by atoms with Gasteiger partial charge >= 0.3 is 6.16 Å². The summed E-state index contributed by atoms with van der Waals surface area (Å²) in [7, 11) is 0. The van der Waals surface area contributed by atoms with Crippen LogP contribution in [-0.4, -0.2) is 42.8 Å². The second kappa shape index (κ2) is 8.66. The highest BCUT2D eigenvalue weighted by Crippen LogP contribution is 2.22. The van der Waals surface area contributed by atoms with Crippen LogP contribution in [-0.2, 0) is 11.3 Å². The van der Waals surface area contributed by atoms with Crippen molar-refractivity contribution in [3.05, 3.63) is 60.7 Å². The first-order chi connectivity index (χ1) is 15.1. The maximum absolute atomic E-state index is 12.9. The second-order valence-electron chi connectivity index (χ2n) is 6.42. The van der Waals surface area contributed by atoms with Crippen molar-refractivity contribution >= 4 is 23.7 Å². The molecule has 4 aromatic rings. The standard InChI is InChI=1S/C21H20N6O4/c1-3-27-18(16(12-22-27)31-21(29)30-4-2)19(28)24-17-10-11-26-13-15(23-20(26)25-17)14-8-6-5-7-9-14/h5-13H,3-4H2,1-2H3,(H,23,24,25,28). The third-order valence-electron chi connectivity index (χ3n) is 4.41. The minimum Gasteiger partial charge on any atom is -0.434 e. The summed E-state index contributed by atoms with van der Waals surface area (Å²) in [6.45, 7) is 4.03. The van der Waals surface area contributed by atoms with Crippen LogP contribution in [0.4, 0.5) is 10.6 Å². The van der Waals surface area contributed by atoms with E-state index in [1.807, 2.05) is 43.5 Å². The number of nitrogens with one attached hydrogen (secondary N) is 1. The Morgan fingerprint density at radius 2 is 1.90 bits per heavy atom. The van der Waals surface area contributed by atoms with Crippen molar-refractivity contribution in [3.8, 4) is 17.0 Å². The third-order valence-corrected chi connectivity index (χ3v) is 4.41. The summed E-state index contributed by atoms with van der Waals surface area (Å²) in [4.78, 5) is 33.5. The molecule has 0 saturated carbocycles.